The summed E-state index contributed by atoms with van der Waals surface area (Å²) in [5.41, 5.74) is 1.17. The van der Waals surface area contributed by atoms with Crippen molar-refractivity contribution in [2.75, 3.05) is 0 Å². The maximum Gasteiger partial charge on any atom is 0.219 e. The Balaban J connectivity index is 1.58. The van der Waals surface area contributed by atoms with E-state index in [1.807, 2.05) is 0 Å². The Morgan fingerprint density at radius 1 is 1.00 bits per heavy atom. The molecule has 0 saturated carbocycles. The zero-order valence-corrected chi connectivity index (χ0v) is 16.7. The van der Waals surface area contributed by atoms with Gasteiger partial charge in [-0.2, -0.15) is 0 Å². The molecule has 28 heavy (non-hydrogen) atoms. The number of halogens is 3. The molecule has 3 aromatic rings. The minimum absolute atomic E-state index is 0.0664. The predicted octanol–water partition coefficient (Wildman–Crippen LogP) is 4.94. The Hall–Kier alpha value is -2.19. The second-order valence-corrected chi connectivity index (χ2v) is 8.51. The van der Waals surface area contributed by atoms with Gasteiger partial charge >= 0.3 is 0 Å². The Bertz CT molecular complexity index is 1080. The molecule has 0 aliphatic heterocycles. The average Bonchev–Trinajstić information content (AvgIpc) is 2.64. The Morgan fingerprint density at radius 2 is 1.79 bits per heavy atom. The number of benzene rings is 2. The summed E-state index contributed by atoms with van der Waals surface area (Å²) in [4.78, 5) is 4.10. The number of pyridine rings is 1. The molecule has 0 spiro atoms. The number of sulfonamides is 1. The van der Waals surface area contributed by atoms with Crippen LogP contribution in [0.1, 0.15) is 11.1 Å². The van der Waals surface area contributed by atoms with Gasteiger partial charge in [0.2, 0.25) is 15.9 Å². The van der Waals surface area contributed by atoms with Gasteiger partial charge < -0.3 is 4.74 Å². The standard InChI is InChI=1S/C19H15Cl2FN2O3S/c20-17-6-4-13(8-18(17)21)12-28(25,26)24-11-14-5-7-19(23-10-14)27-16-3-1-2-15(22)9-16/h1-10,24H,11-12H2. The fourth-order valence-electron chi connectivity index (χ4n) is 2.32. The van der Waals surface area contributed by atoms with Crippen molar-refractivity contribution >= 4 is 33.2 Å². The van der Waals surface area contributed by atoms with Gasteiger partial charge in [-0.1, -0.05) is 41.4 Å². The summed E-state index contributed by atoms with van der Waals surface area (Å²) >= 11 is 11.7. The maximum absolute atomic E-state index is 13.2. The molecule has 0 atom stereocenters. The number of hydrogen-bond acceptors (Lipinski definition) is 4. The van der Waals surface area contributed by atoms with Gasteiger partial charge in [0.25, 0.3) is 0 Å². The molecule has 0 radical (unpaired) electrons. The summed E-state index contributed by atoms with van der Waals surface area (Å²) in [6.07, 6.45) is 1.48. The van der Waals surface area contributed by atoms with Crippen LogP contribution in [-0.2, 0) is 22.3 Å². The van der Waals surface area contributed by atoms with Crippen molar-refractivity contribution in [3.63, 3.8) is 0 Å². The van der Waals surface area contributed by atoms with Crippen molar-refractivity contribution < 1.29 is 17.5 Å². The van der Waals surface area contributed by atoms with Crippen LogP contribution in [0, 0.1) is 5.82 Å². The van der Waals surface area contributed by atoms with Crippen LogP contribution >= 0.6 is 23.2 Å². The lowest BCUT2D eigenvalue weighted by atomic mass is 10.2. The van der Waals surface area contributed by atoms with Crippen molar-refractivity contribution in [3.05, 3.63) is 87.8 Å². The van der Waals surface area contributed by atoms with E-state index >= 15 is 0 Å². The zero-order valence-electron chi connectivity index (χ0n) is 14.4. The minimum atomic E-state index is -3.58. The summed E-state index contributed by atoms with van der Waals surface area (Å²) in [6, 6.07) is 13.6. The number of nitrogens with one attached hydrogen (secondary N) is 1. The van der Waals surface area contributed by atoms with E-state index in [1.165, 1.54) is 30.5 Å². The molecule has 0 aliphatic carbocycles. The molecule has 0 bridgehead atoms. The highest BCUT2D eigenvalue weighted by Crippen LogP contribution is 2.23. The van der Waals surface area contributed by atoms with Gasteiger partial charge in [-0.3, -0.25) is 0 Å². The number of ether oxygens (including phenoxy) is 1. The van der Waals surface area contributed by atoms with Crippen LogP contribution < -0.4 is 9.46 Å². The van der Waals surface area contributed by atoms with Crippen LogP contribution in [0.5, 0.6) is 11.6 Å². The van der Waals surface area contributed by atoms with Gasteiger partial charge in [-0.15, -0.1) is 0 Å². The molecule has 2 aromatic carbocycles. The highest BCUT2D eigenvalue weighted by Gasteiger charge is 2.13. The third-order valence-electron chi connectivity index (χ3n) is 3.65. The molecule has 0 aliphatic rings. The molecule has 1 N–H and O–H groups in total. The third-order valence-corrected chi connectivity index (χ3v) is 5.69. The predicted molar refractivity (Wildman–Crippen MR) is 107 cm³/mol. The van der Waals surface area contributed by atoms with E-state index in [2.05, 4.69) is 9.71 Å². The lowest BCUT2D eigenvalue weighted by Crippen LogP contribution is -2.24. The molecule has 9 heteroatoms. The fraction of sp³-hybridized carbons (Fsp3) is 0.105. The van der Waals surface area contributed by atoms with E-state index in [1.54, 1.807) is 30.3 Å². The first-order valence-corrected chi connectivity index (χ1v) is 10.5. The number of aromatic nitrogens is 1. The van der Waals surface area contributed by atoms with Gasteiger partial charge in [0.1, 0.15) is 11.6 Å². The van der Waals surface area contributed by atoms with Crippen molar-refractivity contribution in [2.24, 2.45) is 0 Å². The van der Waals surface area contributed by atoms with Crippen LogP contribution in [0.15, 0.2) is 60.8 Å². The van der Waals surface area contributed by atoms with E-state index in [0.717, 1.165) is 0 Å². The molecule has 1 aromatic heterocycles. The Morgan fingerprint density at radius 3 is 2.46 bits per heavy atom. The number of rotatable bonds is 7. The summed E-state index contributed by atoms with van der Waals surface area (Å²) < 4.78 is 45.6. The Kier molecular flexibility index (Phi) is 6.51. The summed E-state index contributed by atoms with van der Waals surface area (Å²) in [7, 11) is -3.58. The van der Waals surface area contributed by atoms with Gasteiger partial charge in [0, 0.05) is 24.9 Å². The monoisotopic (exact) mass is 440 g/mol. The van der Waals surface area contributed by atoms with Gasteiger partial charge in [-0.05, 0) is 35.4 Å². The van der Waals surface area contributed by atoms with Crippen molar-refractivity contribution in [2.45, 2.75) is 12.3 Å². The molecule has 1 heterocycles. The lowest BCUT2D eigenvalue weighted by Gasteiger charge is -2.09. The quantitative estimate of drug-likeness (QED) is 0.564. The van der Waals surface area contributed by atoms with E-state index < -0.39 is 15.8 Å². The molecule has 5 nitrogen and oxygen atoms in total. The SMILES string of the molecule is O=S(=O)(Cc1ccc(Cl)c(Cl)c1)NCc1ccc(Oc2cccc(F)c2)nc1. The smallest absolute Gasteiger partial charge is 0.219 e. The molecule has 0 fully saturated rings. The molecule has 0 unspecified atom stereocenters. The topological polar surface area (TPSA) is 68.3 Å². The van der Waals surface area contributed by atoms with E-state index in [9.17, 15) is 12.8 Å². The van der Waals surface area contributed by atoms with E-state index in [4.69, 9.17) is 27.9 Å². The van der Waals surface area contributed by atoms with Crippen LogP contribution in [0.25, 0.3) is 0 Å². The zero-order chi connectivity index (χ0) is 20.1. The summed E-state index contributed by atoms with van der Waals surface area (Å²) in [5.74, 6) is -0.0426. The molecule has 3 rings (SSSR count). The van der Waals surface area contributed by atoms with E-state index in [-0.39, 0.29) is 18.2 Å². The second kappa shape index (κ2) is 8.87. The molecule has 0 amide bonds. The van der Waals surface area contributed by atoms with Crippen LogP contribution in [0.2, 0.25) is 10.0 Å². The largest absolute Gasteiger partial charge is 0.439 e. The van der Waals surface area contributed by atoms with Crippen LogP contribution in [-0.4, -0.2) is 13.4 Å². The van der Waals surface area contributed by atoms with Crippen molar-refractivity contribution in [1.82, 2.24) is 9.71 Å². The summed E-state index contributed by atoms with van der Waals surface area (Å²) in [6.45, 7) is 0.0664. The third kappa shape index (κ3) is 5.90. The number of hydrogen-bond donors (Lipinski definition) is 1. The van der Waals surface area contributed by atoms with Crippen molar-refractivity contribution in [3.8, 4) is 11.6 Å². The minimum Gasteiger partial charge on any atom is -0.439 e. The average molecular weight is 441 g/mol. The van der Waals surface area contributed by atoms with Crippen molar-refractivity contribution in [1.29, 1.82) is 0 Å². The van der Waals surface area contributed by atoms with Crippen LogP contribution in [0.4, 0.5) is 4.39 Å². The molecule has 0 saturated heterocycles. The van der Waals surface area contributed by atoms with E-state index in [0.29, 0.717) is 26.9 Å². The van der Waals surface area contributed by atoms with Gasteiger partial charge in [0.15, 0.2) is 0 Å². The molecular formula is C19H15Cl2FN2O3S. The summed E-state index contributed by atoms with van der Waals surface area (Å²) in [5, 5.41) is 0.662. The molecular weight excluding hydrogens is 426 g/mol. The Labute approximate surface area is 172 Å². The highest BCUT2D eigenvalue weighted by molar-refractivity contribution is 7.88. The lowest BCUT2D eigenvalue weighted by molar-refractivity contribution is 0.457. The maximum atomic E-state index is 13.2. The van der Waals surface area contributed by atoms with Gasteiger partial charge in [0.05, 0.1) is 15.8 Å². The highest BCUT2D eigenvalue weighted by atomic mass is 35.5. The van der Waals surface area contributed by atoms with Crippen LogP contribution in [0.3, 0.4) is 0 Å². The molecule has 146 valence electrons. The first kappa shape index (κ1) is 20.5. The first-order chi connectivity index (χ1) is 13.3. The fourth-order valence-corrected chi connectivity index (χ4v) is 3.75. The number of nitrogens with zero attached hydrogens (tertiary/aromatic N) is 1. The normalized spacial score (nSPS) is 11.4. The second-order valence-electron chi connectivity index (χ2n) is 5.89. The van der Waals surface area contributed by atoms with Gasteiger partial charge in [-0.25, -0.2) is 22.5 Å². The first-order valence-electron chi connectivity index (χ1n) is 8.10.